The maximum Gasteiger partial charge on any atom is 0.311 e. The van der Waals surface area contributed by atoms with Crippen LogP contribution in [0.3, 0.4) is 0 Å². The Morgan fingerprint density at radius 1 is 1.18 bits per heavy atom. The molecule has 0 amide bonds. The third-order valence-corrected chi connectivity index (χ3v) is 6.39. The zero-order valence-corrected chi connectivity index (χ0v) is 13.7. The quantitative estimate of drug-likeness (QED) is 0.579. The van der Waals surface area contributed by atoms with Crippen LogP contribution in [0.1, 0.15) is 59.3 Å². The van der Waals surface area contributed by atoms with Crippen LogP contribution in [0, 0.1) is 23.7 Å². The molecule has 4 saturated heterocycles. The molecule has 0 aromatic rings. The van der Waals surface area contributed by atoms with Crippen molar-refractivity contribution in [3.63, 3.8) is 0 Å². The Labute approximate surface area is 131 Å². The Hall–Kier alpha value is -0.650. The molecule has 5 nitrogen and oxygen atoms in total. The molecule has 4 heterocycles. The summed E-state index contributed by atoms with van der Waals surface area (Å²) in [5.41, 5.74) is -0.610. The summed E-state index contributed by atoms with van der Waals surface area (Å²) in [5.74, 6) is -0.00225. The lowest BCUT2D eigenvalue weighted by Gasteiger charge is -2.58. The third kappa shape index (κ3) is 1.85. The molecule has 2 bridgehead atoms. The van der Waals surface area contributed by atoms with E-state index in [-0.39, 0.29) is 17.8 Å². The molecule has 7 atom stereocenters. The molecule has 0 unspecified atom stereocenters. The Morgan fingerprint density at radius 2 is 2.00 bits per heavy atom. The maximum absolute atomic E-state index is 12.5. The number of rotatable bonds is 2. The molecule has 0 aromatic carbocycles. The number of fused-ring (bicyclic) bond motifs is 2. The third-order valence-electron chi connectivity index (χ3n) is 6.39. The minimum atomic E-state index is -0.796. The number of ether oxygens (including phenoxy) is 2. The fraction of sp³-hybridized carbons (Fsp3) is 0.941. The monoisotopic (exact) mass is 310 g/mol. The topological polar surface area (TPSA) is 54.0 Å². The maximum atomic E-state index is 12.5. The van der Waals surface area contributed by atoms with E-state index in [0.717, 1.165) is 38.5 Å². The molecule has 5 aliphatic rings. The van der Waals surface area contributed by atoms with Crippen molar-refractivity contribution in [1.29, 1.82) is 0 Å². The molecule has 0 aromatic heterocycles. The zero-order chi connectivity index (χ0) is 15.5. The van der Waals surface area contributed by atoms with Gasteiger partial charge >= 0.3 is 5.97 Å². The van der Waals surface area contributed by atoms with E-state index in [4.69, 9.17) is 19.2 Å². The van der Waals surface area contributed by atoms with Gasteiger partial charge in [-0.15, -0.1) is 0 Å². The molecule has 1 saturated carbocycles. The highest BCUT2D eigenvalue weighted by molar-refractivity contribution is 5.74. The Kier molecular flexibility index (Phi) is 3.34. The van der Waals surface area contributed by atoms with Crippen LogP contribution in [0.25, 0.3) is 0 Å². The molecule has 124 valence electrons. The van der Waals surface area contributed by atoms with Crippen LogP contribution >= 0.6 is 0 Å². The summed E-state index contributed by atoms with van der Waals surface area (Å²) >= 11 is 0. The van der Waals surface area contributed by atoms with Crippen molar-refractivity contribution in [3.05, 3.63) is 0 Å². The highest BCUT2D eigenvalue weighted by Gasteiger charge is 2.70. The number of esters is 1. The standard InChI is InChI=1S/C17H26O5/c1-4-5-11-13-7-6-10(2)12-8-9-16(3)20-15(19-14(11)18)17(12,13)22-21-16/h10-13,15H,4-9H2,1-3H3/t10-,11-,12+,13+,15-,16-,17-/m1/s1. The van der Waals surface area contributed by atoms with Gasteiger partial charge in [-0.3, -0.25) is 4.79 Å². The van der Waals surface area contributed by atoms with Crippen molar-refractivity contribution in [2.45, 2.75) is 77.0 Å². The van der Waals surface area contributed by atoms with E-state index in [0.29, 0.717) is 11.8 Å². The molecule has 0 N–H and O–H groups in total. The van der Waals surface area contributed by atoms with E-state index in [1.54, 1.807) is 0 Å². The second-order valence-electron chi connectivity index (χ2n) is 7.74. The van der Waals surface area contributed by atoms with Crippen LogP contribution in [0.2, 0.25) is 0 Å². The predicted molar refractivity (Wildman–Crippen MR) is 77.3 cm³/mol. The van der Waals surface area contributed by atoms with Crippen molar-refractivity contribution in [1.82, 2.24) is 0 Å². The van der Waals surface area contributed by atoms with Gasteiger partial charge in [-0.2, -0.15) is 0 Å². The van der Waals surface area contributed by atoms with E-state index in [1.165, 1.54) is 0 Å². The Morgan fingerprint density at radius 3 is 2.77 bits per heavy atom. The smallest absolute Gasteiger partial charge is 0.311 e. The molecule has 0 radical (unpaired) electrons. The van der Waals surface area contributed by atoms with Crippen LogP contribution in [0.5, 0.6) is 0 Å². The number of carbonyl (C=O) groups excluding carboxylic acids is 1. The van der Waals surface area contributed by atoms with E-state index >= 15 is 0 Å². The predicted octanol–water partition coefficient (Wildman–Crippen LogP) is 3.18. The fourth-order valence-corrected chi connectivity index (χ4v) is 5.25. The van der Waals surface area contributed by atoms with Gasteiger partial charge in [0.15, 0.2) is 5.60 Å². The molecule has 22 heavy (non-hydrogen) atoms. The average Bonchev–Trinajstić information content (AvgIpc) is 2.70. The van der Waals surface area contributed by atoms with Gasteiger partial charge < -0.3 is 9.47 Å². The first-order valence-electron chi connectivity index (χ1n) is 8.75. The van der Waals surface area contributed by atoms with Crippen molar-refractivity contribution < 1.29 is 24.0 Å². The van der Waals surface area contributed by atoms with Gasteiger partial charge in [-0.25, -0.2) is 9.78 Å². The van der Waals surface area contributed by atoms with Crippen LogP contribution < -0.4 is 0 Å². The summed E-state index contributed by atoms with van der Waals surface area (Å²) in [4.78, 5) is 24.3. The first-order chi connectivity index (χ1) is 10.5. The lowest BCUT2D eigenvalue weighted by molar-refractivity contribution is -0.559. The van der Waals surface area contributed by atoms with Gasteiger partial charge in [0.1, 0.15) is 0 Å². The van der Waals surface area contributed by atoms with E-state index in [1.807, 2.05) is 6.92 Å². The van der Waals surface area contributed by atoms with E-state index in [9.17, 15) is 4.79 Å². The highest BCUT2D eigenvalue weighted by Crippen LogP contribution is 2.60. The normalized spacial score (nSPS) is 53.6. The van der Waals surface area contributed by atoms with Crippen LogP contribution in [0.4, 0.5) is 0 Å². The zero-order valence-electron chi connectivity index (χ0n) is 13.7. The van der Waals surface area contributed by atoms with Crippen LogP contribution in [-0.4, -0.2) is 23.6 Å². The van der Waals surface area contributed by atoms with Crippen LogP contribution in [-0.2, 0) is 24.0 Å². The highest BCUT2D eigenvalue weighted by atomic mass is 17.3. The molecule has 4 aliphatic heterocycles. The SMILES string of the molecule is CCC[C@H]1C(=O)O[C@@H]2O[C@@]3(C)CC[C@H]4[C@H](C)CC[C@@H]1[C@@]24OO3. The lowest BCUT2D eigenvalue weighted by atomic mass is 9.57. The van der Waals surface area contributed by atoms with E-state index < -0.39 is 17.7 Å². The average molecular weight is 310 g/mol. The minimum Gasteiger partial charge on any atom is -0.432 e. The van der Waals surface area contributed by atoms with Crippen molar-refractivity contribution >= 4 is 5.97 Å². The summed E-state index contributed by atoms with van der Waals surface area (Å²) in [6, 6.07) is 0. The van der Waals surface area contributed by atoms with Crippen LogP contribution in [0.15, 0.2) is 0 Å². The largest absolute Gasteiger partial charge is 0.432 e. The minimum absolute atomic E-state index is 0.0918. The summed E-state index contributed by atoms with van der Waals surface area (Å²) in [6.45, 7) is 6.27. The molecule has 1 aliphatic carbocycles. The van der Waals surface area contributed by atoms with Crippen molar-refractivity contribution in [2.75, 3.05) is 0 Å². The van der Waals surface area contributed by atoms with Gasteiger partial charge in [0.05, 0.1) is 5.92 Å². The molecular weight excluding hydrogens is 284 g/mol. The van der Waals surface area contributed by atoms with Gasteiger partial charge in [0.2, 0.25) is 12.1 Å². The number of hydrogen-bond donors (Lipinski definition) is 0. The summed E-state index contributed by atoms with van der Waals surface area (Å²) in [5, 5.41) is 0. The second kappa shape index (κ2) is 4.92. The Bertz CT molecular complexity index is 480. The van der Waals surface area contributed by atoms with Crippen molar-refractivity contribution in [2.24, 2.45) is 23.7 Å². The second-order valence-corrected chi connectivity index (χ2v) is 7.74. The number of hydrogen-bond acceptors (Lipinski definition) is 5. The summed E-state index contributed by atoms with van der Waals surface area (Å²) < 4.78 is 11.8. The molecule has 5 fully saturated rings. The summed E-state index contributed by atoms with van der Waals surface area (Å²) in [7, 11) is 0. The molecule has 1 spiro atoms. The van der Waals surface area contributed by atoms with Gasteiger partial charge in [-0.05, 0) is 38.5 Å². The van der Waals surface area contributed by atoms with Gasteiger partial charge in [0, 0.05) is 18.3 Å². The molecule has 5 rings (SSSR count). The Balaban J connectivity index is 1.79. The first-order valence-corrected chi connectivity index (χ1v) is 8.75. The molecular formula is C17H26O5. The van der Waals surface area contributed by atoms with Gasteiger partial charge in [0.25, 0.3) is 0 Å². The van der Waals surface area contributed by atoms with Gasteiger partial charge in [-0.1, -0.05) is 20.3 Å². The first kappa shape index (κ1) is 14.9. The van der Waals surface area contributed by atoms with E-state index in [2.05, 4.69) is 13.8 Å². The molecule has 5 heteroatoms. The lowest BCUT2D eigenvalue weighted by Crippen LogP contribution is -2.70. The van der Waals surface area contributed by atoms with Crippen molar-refractivity contribution in [3.8, 4) is 0 Å². The summed E-state index contributed by atoms with van der Waals surface area (Å²) in [6.07, 6.45) is 5.10. The fourth-order valence-electron chi connectivity index (χ4n) is 5.25. The number of carbonyl (C=O) groups is 1.